The first-order chi connectivity index (χ1) is 11.1. The van der Waals surface area contributed by atoms with E-state index in [1.54, 1.807) is 0 Å². The lowest BCUT2D eigenvalue weighted by molar-refractivity contribution is -0.129. The van der Waals surface area contributed by atoms with Crippen LogP contribution in [-0.2, 0) is 4.79 Å². The summed E-state index contributed by atoms with van der Waals surface area (Å²) in [6.45, 7) is 16.9. The van der Waals surface area contributed by atoms with Crippen molar-refractivity contribution < 1.29 is 4.79 Å². The molecule has 1 N–H and O–H groups in total. The Hall–Kier alpha value is -0.890. The Morgan fingerprint density at radius 2 is 1.29 bits per heavy atom. The fourth-order valence-electron chi connectivity index (χ4n) is 3.28. The van der Waals surface area contributed by atoms with Gasteiger partial charge in [-0.3, -0.25) is 4.79 Å². The normalized spacial score (nSPS) is 11.8. The Kier molecular flexibility index (Phi) is 11.2. The molecule has 0 aliphatic rings. The van der Waals surface area contributed by atoms with Crippen LogP contribution in [0.5, 0.6) is 0 Å². The second kappa shape index (κ2) is 11.6. The zero-order chi connectivity index (χ0) is 18.8. The second-order valence-corrected chi connectivity index (χ2v) is 8.25. The topological polar surface area (TPSA) is 29.1 Å². The SMILES string of the molecule is CC(C)=CCCCC(CCCC=C(C)C)(NC(C)C)C(=O)C(C)C. The number of Topliss-reactive ketones (excluding diaryl/α,β-unsaturated/α-hetero) is 1. The Balaban J connectivity index is 5.16. The van der Waals surface area contributed by atoms with Gasteiger partial charge in [0.05, 0.1) is 5.54 Å². The molecule has 0 aromatic heterocycles. The van der Waals surface area contributed by atoms with E-state index in [4.69, 9.17) is 0 Å². The first kappa shape index (κ1) is 23.1. The molecule has 0 radical (unpaired) electrons. The first-order valence-electron chi connectivity index (χ1n) is 9.69. The number of rotatable bonds is 12. The van der Waals surface area contributed by atoms with E-state index in [1.807, 2.05) is 13.8 Å². The lowest BCUT2D eigenvalue weighted by atomic mass is 9.78. The quantitative estimate of drug-likeness (QED) is 0.339. The van der Waals surface area contributed by atoms with Gasteiger partial charge < -0.3 is 5.32 Å². The van der Waals surface area contributed by atoms with Crippen LogP contribution in [0.2, 0.25) is 0 Å². The number of allylic oxidation sites excluding steroid dienone is 4. The Morgan fingerprint density at radius 3 is 1.58 bits per heavy atom. The van der Waals surface area contributed by atoms with Crippen molar-refractivity contribution in [2.45, 2.75) is 105 Å². The third-order valence-electron chi connectivity index (χ3n) is 4.28. The molecule has 0 aliphatic heterocycles. The minimum absolute atomic E-state index is 0.0724. The molecule has 0 saturated heterocycles. The van der Waals surface area contributed by atoms with Gasteiger partial charge in [-0.15, -0.1) is 0 Å². The average molecular weight is 336 g/mol. The molecule has 0 aromatic carbocycles. The number of ketones is 1. The van der Waals surface area contributed by atoms with E-state index in [1.165, 1.54) is 11.1 Å². The van der Waals surface area contributed by atoms with Crippen molar-refractivity contribution in [3.8, 4) is 0 Å². The number of carbonyl (C=O) groups excluding carboxylic acids is 1. The number of unbranched alkanes of at least 4 members (excludes halogenated alkanes) is 2. The molecule has 0 saturated carbocycles. The summed E-state index contributed by atoms with van der Waals surface area (Å²) in [4.78, 5) is 13.1. The third-order valence-corrected chi connectivity index (χ3v) is 4.28. The average Bonchev–Trinajstić information content (AvgIpc) is 2.45. The van der Waals surface area contributed by atoms with Crippen molar-refractivity contribution in [1.82, 2.24) is 5.32 Å². The summed E-state index contributed by atoms with van der Waals surface area (Å²) in [6, 6.07) is 0.319. The molecule has 2 heteroatoms. The molecule has 0 heterocycles. The van der Waals surface area contributed by atoms with Gasteiger partial charge in [0.2, 0.25) is 0 Å². The highest BCUT2D eigenvalue weighted by molar-refractivity contribution is 5.90. The summed E-state index contributed by atoms with van der Waals surface area (Å²) < 4.78 is 0. The molecule has 140 valence electrons. The monoisotopic (exact) mass is 335 g/mol. The van der Waals surface area contributed by atoms with Gasteiger partial charge in [0.15, 0.2) is 5.78 Å². The van der Waals surface area contributed by atoms with Crippen LogP contribution in [0.4, 0.5) is 0 Å². The number of nitrogens with one attached hydrogen (secondary N) is 1. The molecule has 0 spiro atoms. The predicted molar refractivity (Wildman–Crippen MR) is 107 cm³/mol. The maximum absolute atomic E-state index is 13.1. The Labute approximate surface area is 151 Å². The van der Waals surface area contributed by atoms with Gasteiger partial charge >= 0.3 is 0 Å². The summed E-state index contributed by atoms with van der Waals surface area (Å²) in [6.07, 6.45) is 10.7. The summed E-state index contributed by atoms with van der Waals surface area (Å²) in [5, 5.41) is 3.66. The highest BCUT2D eigenvalue weighted by Crippen LogP contribution is 2.27. The zero-order valence-electron chi connectivity index (χ0n) is 17.5. The second-order valence-electron chi connectivity index (χ2n) is 8.25. The number of hydrogen-bond donors (Lipinski definition) is 1. The van der Waals surface area contributed by atoms with Crippen LogP contribution in [0, 0.1) is 5.92 Å². The van der Waals surface area contributed by atoms with E-state index in [-0.39, 0.29) is 11.5 Å². The van der Waals surface area contributed by atoms with Crippen LogP contribution in [0.15, 0.2) is 23.3 Å². The molecule has 0 atom stereocenters. The third kappa shape index (κ3) is 9.42. The highest BCUT2D eigenvalue weighted by atomic mass is 16.1. The smallest absolute Gasteiger partial charge is 0.155 e. The van der Waals surface area contributed by atoms with Gasteiger partial charge in [0.1, 0.15) is 0 Å². The van der Waals surface area contributed by atoms with Crippen molar-refractivity contribution in [3.63, 3.8) is 0 Å². The predicted octanol–water partition coefficient (Wildman–Crippen LogP) is 6.22. The van der Waals surface area contributed by atoms with Crippen LogP contribution in [0.1, 0.15) is 93.9 Å². The van der Waals surface area contributed by atoms with Crippen LogP contribution < -0.4 is 5.32 Å². The van der Waals surface area contributed by atoms with E-state index in [2.05, 4.69) is 59.0 Å². The van der Waals surface area contributed by atoms with Crippen LogP contribution in [0.25, 0.3) is 0 Å². The maximum atomic E-state index is 13.1. The molecule has 0 rings (SSSR count). The summed E-state index contributed by atoms with van der Waals surface area (Å²) in [5.41, 5.74) is 2.35. The largest absolute Gasteiger partial charge is 0.303 e. The Bertz CT molecular complexity index is 397. The summed E-state index contributed by atoms with van der Waals surface area (Å²) >= 11 is 0. The van der Waals surface area contributed by atoms with Gasteiger partial charge in [-0.1, -0.05) is 37.1 Å². The summed E-state index contributed by atoms with van der Waals surface area (Å²) in [7, 11) is 0. The van der Waals surface area contributed by atoms with Crippen LogP contribution in [-0.4, -0.2) is 17.4 Å². The Morgan fingerprint density at radius 1 is 0.875 bits per heavy atom. The van der Waals surface area contributed by atoms with Gasteiger partial charge in [0.25, 0.3) is 0 Å². The summed E-state index contributed by atoms with van der Waals surface area (Å²) in [5.74, 6) is 0.453. The molecule has 0 unspecified atom stereocenters. The number of carbonyl (C=O) groups is 1. The van der Waals surface area contributed by atoms with Crippen LogP contribution >= 0.6 is 0 Å². The van der Waals surface area contributed by atoms with Crippen molar-refractivity contribution in [2.24, 2.45) is 5.92 Å². The van der Waals surface area contributed by atoms with E-state index in [9.17, 15) is 4.79 Å². The van der Waals surface area contributed by atoms with Crippen molar-refractivity contribution >= 4 is 5.78 Å². The fourth-order valence-corrected chi connectivity index (χ4v) is 3.28. The molecule has 0 aliphatic carbocycles. The van der Waals surface area contributed by atoms with Gasteiger partial charge in [0, 0.05) is 12.0 Å². The molecular weight excluding hydrogens is 294 g/mol. The van der Waals surface area contributed by atoms with E-state index in [0.29, 0.717) is 11.8 Å². The van der Waals surface area contributed by atoms with Gasteiger partial charge in [-0.05, 0) is 80.1 Å². The minimum atomic E-state index is -0.368. The molecule has 0 aromatic rings. The lowest BCUT2D eigenvalue weighted by Gasteiger charge is -2.37. The molecule has 0 amide bonds. The van der Waals surface area contributed by atoms with Crippen molar-refractivity contribution in [2.75, 3.05) is 0 Å². The lowest BCUT2D eigenvalue weighted by Crippen LogP contribution is -2.56. The van der Waals surface area contributed by atoms with E-state index < -0.39 is 0 Å². The van der Waals surface area contributed by atoms with Crippen molar-refractivity contribution in [1.29, 1.82) is 0 Å². The van der Waals surface area contributed by atoms with Gasteiger partial charge in [-0.2, -0.15) is 0 Å². The van der Waals surface area contributed by atoms with E-state index in [0.717, 1.165) is 38.5 Å². The fraction of sp³-hybridized carbons (Fsp3) is 0.773. The maximum Gasteiger partial charge on any atom is 0.155 e. The number of hydrogen-bond acceptors (Lipinski definition) is 2. The molecule has 0 fully saturated rings. The first-order valence-corrected chi connectivity index (χ1v) is 9.69. The zero-order valence-corrected chi connectivity index (χ0v) is 17.5. The highest BCUT2D eigenvalue weighted by Gasteiger charge is 2.38. The molecule has 2 nitrogen and oxygen atoms in total. The van der Waals surface area contributed by atoms with E-state index >= 15 is 0 Å². The van der Waals surface area contributed by atoms with Gasteiger partial charge in [-0.25, -0.2) is 0 Å². The minimum Gasteiger partial charge on any atom is -0.303 e. The standard InChI is InChI=1S/C22H41NO/c1-17(2)13-9-11-15-22(23-20(7)8,21(24)19(5)6)16-12-10-14-18(3)4/h13-14,19-20,23H,9-12,15-16H2,1-8H3. The van der Waals surface area contributed by atoms with Crippen LogP contribution in [0.3, 0.4) is 0 Å². The molecule has 0 bridgehead atoms. The molecule has 24 heavy (non-hydrogen) atoms. The van der Waals surface area contributed by atoms with Crippen molar-refractivity contribution in [3.05, 3.63) is 23.3 Å². The molecular formula is C22H41NO.